The van der Waals surface area contributed by atoms with E-state index in [0.717, 1.165) is 13.0 Å². The summed E-state index contributed by atoms with van der Waals surface area (Å²) >= 11 is 0. The lowest BCUT2D eigenvalue weighted by Crippen LogP contribution is -2.47. The van der Waals surface area contributed by atoms with E-state index in [1.165, 1.54) is 12.8 Å². The third kappa shape index (κ3) is 1.96. The molecule has 0 aromatic carbocycles. The second kappa shape index (κ2) is 2.89. The van der Waals surface area contributed by atoms with Gasteiger partial charge in [0, 0.05) is 12.1 Å². The fourth-order valence-electron chi connectivity index (χ4n) is 1.33. The fraction of sp³-hybridized carbons (Fsp3) is 1.00. The van der Waals surface area contributed by atoms with Crippen LogP contribution in [0.3, 0.4) is 0 Å². The van der Waals surface area contributed by atoms with Gasteiger partial charge in [-0.2, -0.15) is 0 Å². The van der Waals surface area contributed by atoms with Crippen molar-refractivity contribution in [3.63, 3.8) is 0 Å². The summed E-state index contributed by atoms with van der Waals surface area (Å²) in [6, 6.07) is 0. The molecule has 1 atom stereocenters. The Hall–Kier alpha value is -0.0800. The van der Waals surface area contributed by atoms with Gasteiger partial charge in [-0.05, 0) is 33.1 Å². The smallest absolute Gasteiger partial charge is 0.0749 e. The van der Waals surface area contributed by atoms with Crippen molar-refractivity contribution in [1.82, 2.24) is 0 Å². The van der Waals surface area contributed by atoms with Crippen LogP contribution in [0.2, 0.25) is 0 Å². The van der Waals surface area contributed by atoms with Crippen LogP contribution in [-0.2, 0) is 4.74 Å². The van der Waals surface area contributed by atoms with Gasteiger partial charge >= 0.3 is 0 Å². The van der Waals surface area contributed by atoms with Crippen LogP contribution in [0.1, 0.15) is 33.1 Å². The first-order valence-electron chi connectivity index (χ1n) is 4.01. The van der Waals surface area contributed by atoms with Gasteiger partial charge in [0.2, 0.25) is 0 Å². The molecule has 0 spiro atoms. The summed E-state index contributed by atoms with van der Waals surface area (Å²) in [4.78, 5) is 0. The van der Waals surface area contributed by atoms with Gasteiger partial charge in [0.15, 0.2) is 0 Å². The van der Waals surface area contributed by atoms with E-state index in [2.05, 4.69) is 0 Å². The maximum atomic E-state index is 5.89. The molecule has 0 amide bonds. The number of ether oxygens (including phenoxy) is 1. The van der Waals surface area contributed by atoms with Crippen LogP contribution < -0.4 is 5.73 Å². The Morgan fingerprint density at radius 2 is 2.10 bits per heavy atom. The Morgan fingerprint density at radius 3 is 2.40 bits per heavy atom. The summed E-state index contributed by atoms with van der Waals surface area (Å²) < 4.78 is 5.52. The lowest BCUT2D eigenvalue weighted by atomic mass is 9.93. The predicted octanol–water partition coefficient (Wildman–Crippen LogP) is 1.29. The molecular weight excluding hydrogens is 126 g/mol. The average Bonchev–Trinajstić information content (AvgIpc) is 1.88. The monoisotopic (exact) mass is 143 g/mol. The number of nitrogens with two attached hydrogens (primary N) is 1. The van der Waals surface area contributed by atoms with Gasteiger partial charge in [0.1, 0.15) is 0 Å². The first-order valence-corrected chi connectivity index (χ1v) is 4.01. The van der Waals surface area contributed by atoms with Crippen molar-refractivity contribution in [3.8, 4) is 0 Å². The van der Waals surface area contributed by atoms with Crippen LogP contribution in [0.5, 0.6) is 0 Å². The van der Waals surface area contributed by atoms with E-state index in [-0.39, 0.29) is 11.6 Å². The van der Waals surface area contributed by atoms with Gasteiger partial charge in [-0.15, -0.1) is 0 Å². The zero-order valence-corrected chi connectivity index (χ0v) is 6.89. The Labute approximate surface area is 62.7 Å². The standard InChI is InChI=1S/C8H17NO/c1-8(2,9)7-5-3-4-6-10-7/h7H,3-6,9H2,1-2H3/t7-/m1/s1. The highest BCUT2D eigenvalue weighted by Gasteiger charge is 2.27. The highest BCUT2D eigenvalue weighted by molar-refractivity contribution is 4.84. The highest BCUT2D eigenvalue weighted by Crippen LogP contribution is 2.20. The third-order valence-corrected chi connectivity index (χ3v) is 2.01. The van der Waals surface area contributed by atoms with E-state index in [1.54, 1.807) is 0 Å². The maximum Gasteiger partial charge on any atom is 0.0749 e. The second-order valence-electron chi connectivity index (χ2n) is 3.68. The Kier molecular flexibility index (Phi) is 2.32. The molecule has 10 heavy (non-hydrogen) atoms. The van der Waals surface area contributed by atoms with Gasteiger partial charge < -0.3 is 10.5 Å². The summed E-state index contributed by atoms with van der Waals surface area (Å²) in [5.74, 6) is 0. The maximum absolute atomic E-state index is 5.89. The van der Waals surface area contributed by atoms with Gasteiger partial charge in [-0.25, -0.2) is 0 Å². The van der Waals surface area contributed by atoms with E-state index in [0.29, 0.717) is 0 Å². The predicted molar refractivity (Wildman–Crippen MR) is 41.9 cm³/mol. The third-order valence-electron chi connectivity index (χ3n) is 2.01. The van der Waals surface area contributed by atoms with E-state index in [1.807, 2.05) is 13.8 Å². The summed E-state index contributed by atoms with van der Waals surface area (Å²) in [5, 5.41) is 0. The highest BCUT2D eigenvalue weighted by atomic mass is 16.5. The molecule has 1 aliphatic heterocycles. The van der Waals surface area contributed by atoms with Crippen LogP contribution in [0, 0.1) is 0 Å². The number of rotatable bonds is 1. The van der Waals surface area contributed by atoms with Crippen molar-refractivity contribution in [2.24, 2.45) is 5.73 Å². The van der Waals surface area contributed by atoms with Crippen LogP contribution >= 0.6 is 0 Å². The van der Waals surface area contributed by atoms with Crippen LogP contribution in [0.25, 0.3) is 0 Å². The largest absolute Gasteiger partial charge is 0.376 e. The van der Waals surface area contributed by atoms with Crippen molar-refractivity contribution < 1.29 is 4.74 Å². The van der Waals surface area contributed by atoms with Crippen LogP contribution in [0.4, 0.5) is 0 Å². The molecule has 1 aliphatic rings. The van der Waals surface area contributed by atoms with E-state index in [4.69, 9.17) is 10.5 Å². The van der Waals surface area contributed by atoms with Crippen molar-refractivity contribution in [2.45, 2.75) is 44.8 Å². The SMILES string of the molecule is CC(C)(N)[C@H]1CCCCO1. The van der Waals surface area contributed by atoms with Gasteiger partial charge in [0.25, 0.3) is 0 Å². The summed E-state index contributed by atoms with van der Waals surface area (Å²) in [6.45, 7) is 4.96. The molecule has 0 bridgehead atoms. The molecule has 0 radical (unpaired) electrons. The second-order valence-corrected chi connectivity index (χ2v) is 3.68. The number of hydrogen-bond donors (Lipinski definition) is 1. The lowest BCUT2D eigenvalue weighted by molar-refractivity contribution is -0.0223. The molecule has 0 unspecified atom stereocenters. The van der Waals surface area contributed by atoms with Gasteiger partial charge in [0.05, 0.1) is 6.10 Å². The molecule has 0 saturated carbocycles. The summed E-state index contributed by atoms with van der Waals surface area (Å²) in [5.41, 5.74) is 5.73. The summed E-state index contributed by atoms with van der Waals surface area (Å²) in [6.07, 6.45) is 3.88. The quantitative estimate of drug-likeness (QED) is 0.600. The first kappa shape index (κ1) is 8.02. The average molecular weight is 143 g/mol. The molecule has 1 saturated heterocycles. The van der Waals surface area contributed by atoms with Crippen molar-refractivity contribution in [1.29, 1.82) is 0 Å². The first-order chi connectivity index (χ1) is 4.61. The minimum absolute atomic E-state index is 0.152. The zero-order valence-electron chi connectivity index (χ0n) is 6.89. The molecule has 1 heterocycles. The Morgan fingerprint density at radius 1 is 1.40 bits per heavy atom. The number of hydrogen-bond acceptors (Lipinski definition) is 2. The normalized spacial score (nSPS) is 28.5. The van der Waals surface area contributed by atoms with E-state index in [9.17, 15) is 0 Å². The van der Waals surface area contributed by atoms with Crippen molar-refractivity contribution >= 4 is 0 Å². The van der Waals surface area contributed by atoms with Crippen molar-refractivity contribution in [3.05, 3.63) is 0 Å². The molecule has 1 rings (SSSR count). The molecule has 60 valence electrons. The van der Waals surface area contributed by atoms with Crippen LogP contribution in [-0.4, -0.2) is 18.2 Å². The van der Waals surface area contributed by atoms with Crippen molar-refractivity contribution in [2.75, 3.05) is 6.61 Å². The van der Waals surface area contributed by atoms with E-state index >= 15 is 0 Å². The Balaban J connectivity index is 2.39. The molecule has 0 aromatic heterocycles. The minimum Gasteiger partial charge on any atom is -0.376 e. The lowest BCUT2D eigenvalue weighted by Gasteiger charge is -2.33. The molecule has 0 aromatic rings. The molecule has 2 nitrogen and oxygen atoms in total. The Bertz CT molecular complexity index is 100. The van der Waals surface area contributed by atoms with Gasteiger partial charge in [-0.3, -0.25) is 0 Å². The molecule has 1 fully saturated rings. The van der Waals surface area contributed by atoms with Gasteiger partial charge in [-0.1, -0.05) is 0 Å². The van der Waals surface area contributed by atoms with Crippen LogP contribution in [0.15, 0.2) is 0 Å². The topological polar surface area (TPSA) is 35.2 Å². The molecule has 2 heteroatoms. The minimum atomic E-state index is -0.152. The van der Waals surface area contributed by atoms with E-state index < -0.39 is 0 Å². The fourth-order valence-corrected chi connectivity index (χ4v) is 1.33. The molecular formula is C8H17NO. The molecule has 2 N–H and O–H groups in total. The summed E-state index contributed by atoms with van der Waals surface area (Å²) in [7, 11) is 0. The zero-order chi connectivity index (χ0) is 7.61. The molecule has 0 aliphatic carbocycles.